The summed E-state index contributed by atoms with van der Waals surface area (Å²) in [7, 11) is 3.18. The Bertz CT molecular complexity index is 382. The number of unbranched alkanes of at least 4 members (excludes halogenated alkanes) is 2. The molecule has 1 N–H and O–H groups in total. The summed E-state index contributed by atoms with van der Waals surface area (Å²) in [5.74, 6) is 0.575. The minimum absolute atomic E-state index is 0.285. The Balaban J connectivity index is 2.68. The summed E-state index contributed by atoms with van der Waals surface area (Å²) >= 11 is 0. The zero-order chi connectivity index (χ0) is 17.1. The number of oxime groups is 2. The molecule has 0 radical (unpaired) electrons. The molecule has 0 aromatic rings. The summed E-state index contributed by atoms with van der Waals surface area (Å²) in [6.45, 7) is 4.37. The van der Waals surface area contributed by atoms with Crippen LogP contribution in [-0.2, 0) is 9.68 Å². The summed E-state index contributed by atoms with van der Waals surface area (Å²) < 4.78 is 0. The number of aliphatic hydroxyl groups is 1. The molecular weight excluding hydrogens is 292 g/mol. The molecule has 5 nitrogen and oxygen atoms in total. The van der Waals surface area contributed by atoms with Crippen LogP contribution in [0.25, 0.3) is 0 Å². The molecule has 0 aromatic carbocycles. The number of hydrogen-bond donors (Lipinski definition) is 1. The van der Waals surface area contributed by atoms with E-state index >= 15 is 0 Å². The highest BCUT2D eigenvalue weighted by Gasteiger charge is 2.39. The van der Waals surface area contributed by atoms with Gasteiger partial charge in [0.1, 0.15) is 14.2 Å². The van der Waals surface area contributed by atoms with Crippen molar-refractivity contribution in [2.24, 2.45) is 22.1 Å². The summed E-state index contributed by atoms with van der Waals surface area (Å²) in [5, 5.41) is 18.7. The lowest BCUT2D eigenvalue weighted by molar-refractivity contribution is 0.110. The molecule has 1 aliphatic rings. The van der Waals surface area contributed by atoms with Gasteiger partial charge >= 0.3 is 0 Å². The molecule has 0 amide bonds. The van der Waals surface area contributed by atoms with E-state index in [0.717, 1.165) is 49.9 Å². The van der Waals surface area contributed by atoms with E-state index < -0.39 is 0 Å². The lowest BCUT2D eigenvalue weighted by Gasteiger charge is -2.21. The Kier molecular flexibility index (Phi) is 9.92. The van der Waals surface area contributed by atoms with Crippen molar-refractivity contribution in [1.82, 2.24) is 0 Å². The van der Waals surface area contributed by atoms with E-state index in [-0.39, 0.29) is 17.9 Å². The summed E-state index contributed by atoms with van der Waals surface area (Å²) in [6.07, 6.45) is 8.88. The fourth-order valence-corrected chi connectivity index (χ4v) is 3.61. The number of aliphatic hydroxyl groups excluding tert-OH is 1. The fourth-order valence-electron chi connectivity index (χ4n) is 3.61. The number of nitrogens with zero attached hydrogens (tertiary/aromatic N) is 2. The Morgan fingerprint density at radius 3 is 2.48 bits per heavy atom. The van der Waals surface area contributed by atoms with Gasteiger partial charge in [0.2, 0.25) is 0 Å². The Morgan fingerprint density at radius 2 is 1.87 bits per heavy atom. The lowest BCUT2D eigenvalue weighted by Crippen LogP contribution is -2.21. The number of rotatable bonds is 11. The second-order valence-electron chi connectivity index (χ2n) is 6.43. The van der Waals surface area contributed by atoms with Crippen molar-refractivity contribution < 1.29 is 14.8 Å². The van der Waals surface area contributed by atoms with Gasteiger partial charge in [-0.1, -0.05) is 43.4 Å². The molecule has 1 fully saturated rings. The predicted octanol–water partition coefficient (Wildman–Crippen LogP) is 4.15. The van der Waals surface area contributed by atoms with Crippen LogP contribution in [0.3, 0.4) is 0 Å². The summed E-state index contributed by atoms with van der Waals surface area (Å²) in [6, 6.07) is 0. The van der Waals surface area contributed by atoms with Crippen LogP contribution in [0.5, 0.6) is 0 Å². The van der Waals surface area contributed by atoms with Crippen LogP contribution in [0.1, 0.15) is 71.6 Å². The molecule has 23 heavy (non-hydrogen) atoms. The molecule has 0 saturated heterocycles. The minimum Gasteiger partial charge on any atom is -0.399 e. The van der Waals surface area contributed by atoms with Crippen LogP contribution in [0, 0.1) is 11.8 Å². The zero-order valence-electron chi connectivity index (χ0n) is 15.3. The molecule has 0 aliphatic heterocycles. The summed E-state index contributed by atoms with van der Waals surface area (Å²) in [4.78, 5) is 9.99. The van der Waals surface area contributed by atoms with Gasteiger partial charge in [-0.3, -0.25) is 0 Å². The van der Waals surface area contributed by atoms with E-state index in [2.05, 4.69) is 24.2 Å². The van der Waals surface area contributed by atoms with Gasteiger partial charge in [-0.15, -0.1) is 0 Å². The van der Waals surface area contributed by atoms with Crippen molar-refractivity contribution in [3.05, 3.63) is 0 Å². The minimum atomic E-state index is -0.295. The fraction of sp³-hybridized carbons (Fsp3) is 0.889. The van der Waals surface area contributed by atoms with E-state index in [9.17, 15) is 5.11 Å². The van der Waals surface area contributed by atoms with Gasteiger partial charge in [0.05, 0.1) is 17.5 Å². The molecule has 0 bridgehead atoms. The third-order valence-electron chi connectivity index (χ3n) is 4.72. The highest BCUT2D eigenvalue weighted by Crippen LogP contribution is 2.37. The quantitative estimate of drug-likeness (QED) is 0.352. The maximum Gasteiger partial charge on any atom is 0.106 e. The monoisotopic (exact) mass is 326 g/mol. The van der Waals surface area contributed by atoms with E-state index in [1.165, 1.54) is 12.8 Å². The second kappa shape index (κ2) is 11.4. The molecule has 0 aromatic heterocycles. The SMILES string of the molecule is CCCCCC(CC[C@H]1C(=NOC)CC(O)[C@@H]1CCC)=NOC. The van der Waals surface area contributed by atoms with E-state index in [1.54, 1.807) is 14.2 Å². The highest BCUT2D eigenvalue weighted by molar-refractivity contribution is 5.90. The first-order valence-electron chi connectivity index (χ1n) is 9.04. The molecule has 1 unspecified atom stereocenters. The van der Waals surface area contributed by atoms with E-state index in [4.69, 9.17) is 9.68 Å². The lowest BCUT2D eigenvalue weighted by atomic mass is 9.85. The zero-order valence-corrected chi connectivity index (χ0v) is 15.3. The van der Waals surface area contributed by atoms with Crippen LogP contribution in [0.15, 0.2) is 10.3 Å². The highest BCUT2D eigenvalue weighted by atomic mass is 16.6. The molecule has 0 heterocycles. The Hall–Kier alpha value is -1.10. The van der Waals surface area contributed by atoms with Crippen LogP contribution < -0.4 is 0 Å². The third kappa shape index (κ3) is 6.50. The van der Waals surface area contributed by atoms with Gasteiger partial charge in [0, 0.05) is 12.3 Å². The molecule has 1 rings (SSSR count). The van der Waals surface area contributed by atoms with E-state index in [0.29, 0.717) is 6.42 Å². The van der Waals surface area contributed by atoms with Crippen LogP contribution in [0.2, 0.25) is 0 Å². The second-order valence-corrected chi connectivity index (χ2v) is 6.43. The molecule has 1 aliphatic carbocycles. The Morgan fingerprint density at radius 1 is 1.09 bits per heavy atom. The van der Waals surface area contributed by atoms with Crippen molar-refractivity contribution >= 4 is 11.4 Å². The number of hydrogen-bond acceptors (Lipinski definition) is 5. The molecule has 1 saturated carbocycles. The average Bonchev–Trinajstić information content (AvgIpc) is 2.81. The maximum absolute atomic E-state index is 10.3. The van der Waals surface area contributed by atoms with Gasteiger partial charge in [0.25, 0.3) is 0 Å². The first kappa shape index (κ1) is 19.9. The molecule has 3 atom stereocenters. The van der Waals surface area contributed by atoms with Crippen molar-refractivity contribution in [3.63, 3.8) is 0 Å². The maximum atomic E-state index is 10.3. The molecule has 0 spiro atoms. The molecule has 134 valence electrons. The van der Waals surface area contributed by atoms with Crippen LogP contribution in [-0.4, -0.2) is 36.9 Å². The van der Waals surface area contributed by atoms with Crippen LogP contribution >= 0.6 is 0 Å². The first-order valence-corrected chi connectivity index (χ1v) is 9.04. The average molecular weight is 326 g/mol. The van der Waals surface area contributed by atoms with Gasteiger partial charge < -0.3 is 14.8 Å². The van der Waals surface area contributed by atoms with Gasteiger partial charge in [-0.25, -0.2) is 0 Å². The van der Waals surface area contributed by atoms with Crippen molar-refractivity contribution in [3.8, 4) is 0 Å². The van der Waals surface area contributed by atoms with Crippen LogP contribution in [0.4, 0.5) is 0 Å². The van der Waals surface area contributed by atoms with Gasteiger partial charge in [0.15, 0.2) is 0 Å². The van der Waals surface area contributed by atoms with Crippen molar-refractivity contribution in [2.45, 2.75) is 77.7 Å². The molecule has 5 heteroatoms. The van der Waals surface area contributed by atoms with Crippen molar-refractivity contribution in [2.75, 3.05) is 14.2 Å². The third-order valence-corrected chi connectivity index (χ3v) is 4.72. The standard InChI is InChI=1S/C18H34N2O3/c1-5-7-8-10-14(19-22-3)11-12-15-16(9-6-2)18(21)13-17(15)20-23-4/h15-16,18,21H,5-13H2,1-4H3/t15-,16-,18?/m1/s1. The van der Waals surface area contributed by atoms with Gasteiger partial charge in [-0.2, -0.15) is 0 Å². The van der Waals surface area contributed by atoms with Gasteiger partial charge in [-0.05, 0) is 38.0 Å². The molecular formula is C18H34N2O3. The normalized spacial score (nSPS) is 26.7. The van der Waals surface area contributed by atoms with Crippen molar-refractivity contribution in [1.29, 1.82) is 0 Å². The topological polar surface area (TPSA) is 63.4 Å². The van der Waals surface area contributed by atoms with E-state index in [1.807, 2.05) is 0 Å². The first-order chi connectivity index (χ1) is 11.2. The Labute approximate surface area is 141 Å². The predicted molar refractivity (Wildman–Crippen MR) is 94.8 cm³/mol. The smallest absolute Gasteiger partial charge is 0.106 e. The largest absolute Gasteiger partial charge is 0.399 e. The summed E-state index contributed by atoms with van der Waals surface area (Å²) in [5.41, 5.74) is 2.12.